The summed E-state index contributed by atoms with van der Waals surface area (Å²) in [7, 11) is 3.58. The quantitative estimate of drug-likeness (QED) is 0.624. The van der Waals surface area contributed by atoms with E-state index in [9.17, 15) is 4.79 Å². The van der Waals surface area contributed by atoms with Crippen molar-refractivity contribution < 1.29 is 4.79 Å². The van der Waals surface area contributed by atoms with Gasteiger partial charge in [0.15, 0.2) is 5.65 Å². The predicted octanol–water partition coefficient (Wildman–Crippen LogP) is 2.00. The molecule has 23 heavy (non-hydrogen) atoms. The van der Waals surface area contributed by atoms with Gasteiger partial charge in [0, 0.05) is 25.9 Å². The Morgan fingerprint density at radius 2 is 2.30 bits per heavy atom. The molecule has 3 aromatic rings. The first kappa shape index (κ1) is 15.2. The summed E-state index contributed by atoms with van der Waals surface area (Å²) in [5, 5.41) is 13.4. The lowest BCUT2D eigenvalue weighted by Gasteiger charge is -2.08. The number of nitrogens with one attached hydrogen (secondary N) is 3. The first-order valence-corrected chi connectivity index (χ1v) is 7.88. The predicted molar refractivity (Wildman–Crippen MR) is 91.4 cm³/mol. The fourth-order valence-corrected chi connectivity index (χ4v) is 3.27. The van der Waals surface area contributed by atoms with E-state index in [2.05, 4.69) is 20.6 Å². The topological polar surface area (TPSA) is 95.7 Å². The van der Waals surface area contributed by atoms with Gasteiger partial charge in [-0.1, -0.05) is 6.07 Å². The number of pyridine rings is 1. The van der Waals surface area contributed by atoms with E-state index < -0.39 is 0 Å². The molecule has 0 aliphatic rings. The van der Waals surface area contributed by atoms with Crippen LogP contribution in [-0.4, -0.2) is 33.7 Å². The Balaban J connectivity index is 1.84. The summed E-state index contributed by atoms with van der Waals surface area (Å²) in [4.78, 5) is 21.2. The zero-order chi connectivity index (χ0) is 16.4. The van der Waals surface area contributed by atoms with Crippen LogP contribution in [0.3, 0.4) is 0 Å². The molecule has 0 spiro atoms. The van der Waals surface area contributed by atoms with Gasteiger partial charge in [0.25, 0.3) is 5.91 Å². The van der Waals surface area contributed by atoms with Crippen molar-refractivity contribution in [2.75, 3.05) is 12.4 Å². The van der Waals surface area contributed by atoms with Crippen LogP contribution in [-0.2, 0) is 13.6 Å². The molecule has 0 radical (unpaired) electrons. The minimum atomic E-state index is -0.243. The number of rotatable bonds is 5. The summed E-state index contributed by atoms with van der Waals surface area (Å²) in [5.74, 6) is 0.508. The fraction of sp³-hybridized carbons (Fsp3) is 0.200. The number of anilines is 1. The van der Waals surface area contributed by atoms with Gasteiger partial charge in [-0.2, -0.15) is 0 Å². The van der Waals surface area contributed by atoms with Crippen LogP contribution in [0.15, 0.2) is 23.7 Å². The zero-order valence-corrected chi connectivity index (χ0v) is 13.6. The molecule has 7 nitrogen and oxygen atoms in total. The van der Waals surface area contributed by atoms with E-state index >= 15 is 0 Å². The average Bonchev–Trinajstić information content (AvgIpc) is 3.15. The van der Waals surface area contributed by atoms with Crippen LogP contribution in [0.4, 0.5) is 5.82 Å². The Labute approximate surface area is 136 Å². The molecular formula is C15H16N6OS. The normalized spacial score (nSPS) is 10.7. The number of aryl methyl sites for hydroxylation is 1. The summed E-state index contributed by atoms with van der Waals surface area (Å²) in [6.07, 6.45) is 1.20. The van der Waals surface area contributed by atoms with E-state index in [1.165, 1.54) is 17.6 Å². The standard InChI is InChI=1S/C15H16N6OS/c1-17-11-5-3-4-9(20-11)7-18-15(22)12-10(6-16)13-14(21(12)2)19-8-23-13/h3-6,8,16H,7H2,1-2H3,(H,17,20)(H,18,22). The molecule has 0 aliphatic heterocycles. The number of aromatic nitrogens is 3. The summed E-state index contributed by atoms with van der Waals surface area (Å²) in [6.45, 7) is 0.318. The molecule has 0 atom stereocenters. The van der Waals surface area contributed by atoms with Crippen LogP contribution < -0.4 is 10.6 Å². The van der Waals surface area contributed by atoms with Gasteiger partial charge in [-0.25, -0.2) is 9.97 Å². The lowest BCUT2D eigenvalue weighted by molar-refractivity contribution is 0.0942. The molecule has 0 unspecified atom stereocenters. The third-order valence-corrected chi connectivity index (χ3v) is 4.40. The molecule has 0 fully saturated rings. The first-order chi connectivity index (χ1) is 11.2. The van der Waals surface area contributed by atoms with Crippen molar-refractivity contribution in [2.24, 2.45) is 7.05 Å². The fourth-order valence-electron chi connectivity index (χ4n) is 2.44. The highest BCUT2D eigenvalue weighted by Crippen LogP contribution is 2.26. The monoisotopic (exact) mass is 328 g/mol. The Kier molecular flexibility index (Phi) is 4.07. The van der Waals surface area contributed by atoms with Gasteiger partial charge in [0.2, 0.25) is 0 Å². The Morgan fingerprint density at radius 1 is 1.48 bits per heavy atom. The number of nitrogens with zero attached hydrogens (tertiary/aromatic N) is 3. The maximum absolute atomic E-state index is 12.5. The van der Waals surface area contributed by atoms with Gasteiger partial charge in [-0.3, -0.25) is 4.79 Å². The number of carbonyl (C=O) groups excluding carboxylic acids is 1. The Morgan fingerprint density at radius 3 is 3.04 bits per heavy atom. The van der Waals surface area contributed by atoms with Crippen LogP contribution >= 0.6 is 11.3 Å². The highest BCUT2D eigenvalue weighted by molar-refractivity contribution is 7.17. The Hall–Kier alpha value is -2.74. The second-order valence-electron chi connectivity index (χ2n) is 4.92. The van der Waals surface area contributed by atoms with Crippen LogP contribution in [0.1, 0.15) is 21.7 Å². The van der Waals surface area contributed by atoms with Gasteiger partial charge >= 0.3 is 0 Å². The number of amides is 1. The van der Waals surface area contributed by atoms with Crippen LogP contribution in [0.25, 0.3) is 10.3 Å². The minimum absolute atomic E-state index is 0.243. The van der Waals surface area contributed by atoms with Crippen molar-refractivity contribution in [2.45, 2.75) is 6.54 Å². The van der Waals surface area contributed by atoms with Crippen LogP contribution in [0.5, 0.6) is 0 Å². The van der Waals surface area contributed by atoms with Crippen molar-refractivity contribution in [3.8, 4) is 0 Å². The molecule has 8 heteroatoms. The molecule has 1 amide bonds. The number of hydrogen-bond donors (Lipinski definition) is 3. The molecule has 0 saturated carbocycles. The molecule has 3 aromatic heterocycles. The summed E-state index contributed by atoms with van der Waals surface area (Å²) < 4.78 is 2.57. The van der Waals surface area contributed by atoms with E-state index in [1.54, 1.807) is 24.2 Å². The smallest absolute Gasteiger partial charge is 0.269 e. The maximum Gasteiger partial charge on any atom is 0.269 e. The summed E-state index contributed by atoms with van der Waals surface area (Å²) >= 11 is 1.43. The van der Waals surface area contributed by atoms with E-state index in [0.717, 1.165) is 16.2 Å². The lowest BCUT2D eigenvalue weighted by Crippen LogP contribution is -2.26. The van der Waals surface area contributed by atoms with Gasteiger partial charge in [0.05, 0.1) is 22.4 Å². The maximum atomic E-state index is 12.5. The van der Waals surface area contributed by atoms with Crippen molar-refractivity contribution in [1.29, 1.82) is 5.41 Å². The van der Waals surface area contributed by atoms with E-state index in [0.29, 0.717) is 23.4 Å². The zero-order valence-electron chi connectivity index (χ0n) is 12.8. The number of hydrogen-bond acceptors (Lipinski definition) is 6. The molecule has 0 aromatic carbocycles. The molecule has 3 heterocycles. The molecule has 3 rings (SSSR count). The van der Waals surface area contributed by atoms with E-state index in [1.807, 2.05) is 18.2 Å². The Bertz CT molecular complexity index is 881. The molecule has 0 bridgehead atoms. The number of thiazole rings is 1. The van der Waals surface area contributed by atoms with E-state index in [4.69, 9.17) is 5.41 Å². The van der Waals surface area contributed by atoms with Gasteiger partial charge < -0.3 is 20.6 Å². The van der Waals surface area contributed by atoms with Crippen molar-refractivity contribution in [3.05, 3.63) is 40.7 Å². The minimum Gasteiger partial charge on any atom is -0.373 e. The third kappa shape index (κ3) is 2.68. The summed E-state index contributed by atoms with van der Waals surface area (Å²) in [5.41, 5.74) is 4.23. The third-order valence-electron chi connectivity index (χ3n) is 3.55. The highest BCUT2D eigenvalue weighted by Gasteiger charge is 2.21. The van der Waals surface area contributed by atoms with Crippen molar-refractivity contribution in [1.82, 2.24) is 19.9 Å². The highest BCUT2D eigenvalue weighted by atomic mass is 32.1. The molecule has 0 aliphatic carbocycles. The lowest BCUT2D eigenvalue weighted by atomic mass is 10.2. The van der Waals surface area contributed by atoms with E-state index in [-0.39, 0.29) is 5.91 Å². The largest absolute Gasteiger partial charge is 0.373 e. The average molecular weight is 328 g/mol. The number of fused-ring (bicyclic) bond motifs is 1. The van der Waals surface area contributed by atoms with Crippen LogP contribution in [0.2, 0.25) is 0 Å². The second-order valence-corrected chi connectivity index (χ2v) is 5.77. The van der Waals surface area contributed by atoms with Gasteiger partial charge in [-0.05, 0) is 12.1 Å². The summed E-state index contributed by atoms with van der Waals surface area (Å²) in [6, 6.07) is 5.59. The molecular weight excluding hydrogens is 312 g/mol. The van der Waals surface area contributed by atoms with Crippen molar-refractivity contribution in [3.63, 3.8) is 0 Å². The number of carbonyl (C=O) groups is 1. The van der Waals surface area contributed by atoms with Crippen LogP contribution in [0, 0.1) is 5.41 Å². The molecule has 3 N–H and O–H groups in total. The molecule has 0 saturated heterocycles. The van der Waals surface area contributed by atoms with Gasteiger partial charge in [0.1, 0.15) is 11.5 Å². The SMILES string of the molecule is CNc1cccc(CNC(=O)c2c(C=N)c3scnc3n2C)n1. The first-order valence-electron chi connectivity index (χ1n) is 7.00. The van der Waals surface area contributed by atoms with Gasteiger partial charge in [-0.15, -0.1) is 11.3 Å². The second kappa shape index (κ2) is 6.17. The van der Waals surface area contributed by atoms with Crippen molar-refractivity contribution >= 4 is 39.6 Å². The molecule has 118 valence electrons.